The van der Waals surface area contributed by atoms with E-state index in [0.29, 0.717) is 50.8 Å². The molecule has 0 aliphatic carbocycles. The second-order valence-electron chi connectivity index (χ2n) is 9.63. The molecule has 36 heavy (non-hydrogen) atoms. The van der Waals surface area contributed by atoms with Crippen LogP contribution in [0.15, 0.2) is 60.7 Å². The third kappa shape index (κ3) is 5.71. The number of nitrogens with zero attached hydrogens (tertiary/aromatic N) is 4. The second-order valence-corrected chi connectivity index (χ2v) is 9.63. The summed E-state index contributed by atoms with van der Waals surface area (Å²) in [5.41, 5.74) is 1.76. The number of carbonyl (C=O) groups excluding carboxylic acids is 1. The molecular formula is C28H35N5O3. The number of ether oxygens (including phenoxy) is 2. The molecule has 0 unspecified atom stereocenters. The van der Waals surface area contributed by atoms with Crippen LogP contribution in [-0.2, 0) is 17.8 Å². The number of morpholine rings is 1. The third-order valence-corrected chi connectivity index (χ3v) is 6.63. The summed E-state index contributed by atoms with van der Waals surface area (Å²) in [5, 5.41) is 3.42. The first-order valence-corrected chi connectivity index (χ1v) is 12.8. The van der Waals surface area contributed by atoms with E-state index >= 15 is 0 Å². The Labute approximate surface area is 212 Å². The topological polar surface area (TPSA) is 71.9 Å². The van der Waals surface area contributed by atoms with Crippen molar-refractivity contribution in [3.8, 4) is 5.75 Å². The highest BCUT2D eigenvalue weighted by molar-refractivity contribution is 5.98. The standard InChI is InChI=1S/C28H35N5O3/c1-21-17-31(18-22(2)36-21)20-25-30-27-26(33(25)19-23-9-5-3-6-10-23)28(34)32(14-13-29-27)15-16-35-24-11-7-4-8-12-24/h3-12,21-22,29H,13-20H2,1-2H3/t21-,22+. The van der Waals surface area contributed by atoms with Crippen LogP contribution >= 0.6 is 0 Å². The van der Waals surface area contributed by atoms with Crippen molar-refractivity contribution in [3.63, 3.8) is 0 Å². The Morgan fingerprint density at radius 3 is 2.42 bits per heavy atom. The minimum atomic E-state index is -0.00921. The van der Waals surface area contributed by atoms with Crippen molar-refractivity contribution in [3.05, 3.63) is 77.7 Å². The molecule has 1 fully saturated rings. The maximum atomic E-state index is 13.8. The van der Waals surface area contributed by atoms with Crippen LogP contribution in [0.3, 0.4) is 0 Å². The minimum Gasteiger partial charge on any atom is -0.492 e. The molecule has 8 heteroatoms. The molecule has 1 amide bonds. The van der Waals surface area contributed by atoms with Crippen molar-refractivity contribution in [2.24, 2.45) is 0 Å². The van der Waals surface area contributed by atoms with Gasteiger partial charge in [0.25, 0.3) is 5.91 Å². The first kappa shape index (κ1) is 24.3. The van der Waals surface area contributed by atoms with Crippen LogP contribution in [0.25, 0.3) is 0 Å². The normalized spacial score (nSPS) is 20.5. The Bertz CT molecular complexity index is 1140. The smallest absolute Gasteiger partial charge is 0.274 e. The van der Waals surface area contributed by atoms with Crippen LogP contribution < -0.4 is 10.1 Å². The molecule has 5 rings (SSSR count). The number of para-hydroxylation sites is 1. The zero-order chi connectivity index (χ0) is 24.9. The zero-order valence-electron chi connectivity index (χ0n) is 21.1. The molecule has 1 aromatic heterocycles. The monoisotopic (exact) mass is 489 g/mol. The van der Waals surface area contributed by atoms with Crippen LogP contribution in [0.1, 0.15) is 35.7 Å². The molecule has 2 aliphatic heterocycles. The molecule has 8 nitrogen and oxygen atoms in total. The van der Waals surface area contributed by atoms with Gasteiger partial charge in [0.1, 0.15) is 18.2 Å². The lowest BCUT2D eigenvalue weighted by Crippen LogP contribution is -2.45. The Morgan fingerprint density at radius 2 is 1.69 bits per heavy atom. The number of fused-ring (bicyclic) bond motifs is 1. The van der Waals surface area contributed by atoms with Crippen molar-refractivity contribution < 1.29 is 14.3 Å². The first-order valence-electron chi connectivity index (χ1n) is 12.8. The predicted octanol–water partition coefficient (Wildman–Crippen LogP) is 3.49. The van der Waals surface area contributed by atoms with Crippen LogP contribution in [0, 0.1) is 0 Å². The number of anilines is 1. The number of nitrogens with one attached hydrogen (secondary N) is 1. The van der Waals surface area contributed by atoms with Crippen LogP contribution in [0.4, 0.5) is 5.82 Å². The highest BCUT2D eigenvalue weighted by atomic mass is 16.5. The number of rotatable bonds is 8. The third-order valence-electron chi connectivity index (χ3n) is 6.63. The minimum absolute atomic E-state index is 0.00921. The number of carbonyl (C=O) groups is 1. The number of hydrogen-bond acceptors (Lipinski definition) is 6. The van der Waals surface area contributed by atoms with Gasteiger partial charge >= 0.3 is 0 Å². The van der Waals surface area contributed by atoms with E-state index in [0.717, 1.165) is 30.2 Å². The molecule has 3 aromatic rings. The van der Waals surface area contributed by atoms with E-state index in [1.165, 1.54) is 0 Å². The lowest BCUT2D eigenvalue weighted by molar-refractivity contribution is -0.0712. The van der Waals surface area contributed by atoms with E-state index in [2.05, 4.69) is 40.8 Å². The van der Waals surface area contributed by atoms with Gasteiger partial charge in [0, 0.05) is 32.7 Å². The van der Waals surface area contributed by atoms with Gasteiger partial charge in [-0.2, -0.15) is 0 Å². The molecular weight excluding hydrogens is 454 g/mol. The van der Waals surface area contributed by atoms with Crippen molar-refractivity contribution in [1.29, 1.82) is 0 Å². The molecule has 1 N–H and O–H groups in total. The summed E-state index contributed by atoms with van der Waals surface area (Å²) in [6.45, 7) is 9.37. The molecule has 0 spiro atoms. The first-order chi connectivity index (χ1) is 17.6. The maximum Gasteiger partial charge on any atom is 0.274 e. The van der Waals surface area contributed by atoms with Gasteiger partial charge in [-0.1, -0.05) is 48.5 Å². The summed E-state index contributed by atoms with van der Waals surface area (Å²) in [6.07, 6.45) is 0.341. The molecule has 0 bridgehead atoms. The Balaban J connectivity index is 1.39. The van der Waals surface area contributed by atoms with Gasteiger partial charge in [0.05, 0.1) is 25.3 Å². The van der Waals surface area contributed by atoms with Gasteiger partial charge in [-0.25, -0.2) is 4.98 Å². The van der Waals surface area contributed by atoms with E-state index in [-0.39, 0.29) is 18.1 Å². The van der Waals surface area contributed by atoms with Gasteiger partial charge < -0.3 is 24.3 Å². The number of benzene rings is 2. The van der Waals surface area contributed by atoms with Crippen LogP contribution in [0.5, 0.6) is 5.75 Å². The molecule has 190 valence electrons. The fourth-order valence-corrected chi connectivity index (χ4v) is 5.07. The molecule has 2 atom stereocenters. The van der Waals surface area contributed by atoms with E-state index in [4.69, 9.17) is 14.5 Å². The Hall–Kier alpha value is -3.36. The summed E-state index contributed by atoms with van der Waals surface area (Å²) < 4.78 is 13.9. The van der Waals surface area contributed by atoms with E-state index < -0.39 is 0 Å². The quantitative estimate of drug-likeness (QED) is 0.522. The molecule has 2 aromatic carbocycles. The highest BCUT2D eigenvalue weighted by Gasteiger charge is 2.31. The summed E-state index contributed by atoms with van der Waals surface area (Å²) in [7, 11) is 0. The fraction of sp³-hybridized carbons (Fsp3) is 0.429. The lowest BCUT2D eigenvalue weighted by atomic mass is 10.2. The number of aromatic nitrogens is 2. The number of hydrogen-bond donors (Lipinski definition) is 1. The van der Waals surface area contributed by atoms with Gasteiger partial charge in [-0.05, 0) is 31.5 Å². The fourth-order valence-electron chi connectivity index (χ4n) is 5.07. The highest BCUT2D eigenvalue weighted by Crippen LogP contribution is 2.25. The van der Waals surface area contributed by atoms with Crippen molar-refractivity contribution in [1.82, 2.24) is 19.4 Å². The van der Waals surface area contributed by atoms with Crippen molar-refractivity contribution >= 4 is 11.7 Å². The summed E-state index contributed by atoms with van der Waals surface area (Å²) in [6, 6.07) is 20.0. The second kappa shape index (κ2) is 11.1. The predicted molar refractivity (Wildman–Crippen MR) is 139 cm³/mol. The van der Waals surface area contributed by atoms with Gasteiger partial charge in [-0.15, -0.1) is 0 Å². The lowest BCUT2D eigenvalue weighted by Gasteiger charge is -2.35. The summed E-state index contributed by atoms with van der Waals surface area (Å²) >= 11 is 0. The van der Waals surface area contributed by atoms with Crippen molar-refractivity contribution in [2.45, 2.75) is 39.1 Å². The largest absolute Gasteiger partial charge is 0.492 e. The van der Waals surface area contributed by atoms with E-state index in [9.17, 15) is 4.79 Å². The van der Waals surface area contributed by atoms with Crippen LogP contribution in [0.2, 0.25) is 0 Å². The Morgan fingerprint density at radius 1 is 1.00 bits per heavy atom. The molecule has 0 radical (unpaired) electrons. The average Bonchev–Trinajstić information content (AvgIpc) is 3.11. The zero-order valence-corrected chi connectivity index (χ0v) is 21.1. The average molecular weight is 490 g/mol. The molecule has 2 aliphatic rings. The molecule has 0 saturated carbocycles. The maximum absolute atomic E-state index is 13.8. The van der Waals surface area contributed by atoms with Gasteiger partial charge in [0.15, 0.2) is 11.5 Å². The SMILES string of the molecule is C[C@@H]1CN(Cc2nc3c(n2Cc2ccccc2)C(=O)N(CCOc2ccccc2)CCN3)C[C@H](C)O1. The van der Waals surface area contributed by atoms with Crippen LogP contribution in [-0.4, -0.2) is 76.8 Å². The van der Waals surface area contributed by atoms with Crippen molar-refractivity contribution in [2.75, 3.05) is 44.6 Å². The molecule has 1 saturated heterocycles. The number of imidazole rings is 1. The van der Waals surface area contributed by atoms with E-state index in [1.807, 2.05) is 53.4 Å². The summed E-state index contributed by atoms with van der Waals surface area (Å²) in [4.78, 5) is 23.0. The van der Waals surface area contributed by atoms with Gasteiger partial charge in [-0.3, -0.25) is 9.69 Å². The summed E-state index contributed by atoms with van der Waals surface area (Å²) in [5.74, 6) is 2.37. The molecule has 3 heterocycles. The van der Waals surface area contributed by atoms with Gasteiger partial charge in [0.2, 0.25) is 0 Å². The van der Waals surface area contributed by atoms with E-state index in [1.54, 1.807) is 0 Å². The Kier molecular flexibility index (Phi) is 7.53. The number of amides is 1.